The molecular weight excluding hydrogens is 316 g/mol. The third kappa shape index (κ3) is 4.61. The fraction of sp³-hybridized carbons (Fsp3) is 0.312. The van der Waals surface area contributed by atoms with Gasteiger partial charge in [-0.25, -0.2) is 4.79 Å². The number of carbonyl (C=O) groups excluding carboxylic acids is 1. The van der Waals surface area contributed by atoms with E-state index < -0.39 is 6.10 Å². The maximum atomic E-state index is 12.0. The SMILES string of the molecule is COc1cccc(NC(=O)NCCC(O)c2ccsc2)c1OC. The van der Waals surface area contributed by atoms with Crippen LogP contribution in [0.15, 0.2) is 35.0 Å². The number of urea groups is 1. The Hall–Kier alpha value is -2.25. The third-order valence-electron chi connectivity index (χ3n) is 3.28. The highest BCUT2D eigenvalue weighted by atomic mass is 32.1. The molecule has 6 nitrogen and oxygen atoms in total. The Morgan fingerprint density at radius 1 is 1.30 bits per heavy atom. The highest BCUT2D eigenvalue weighted by Gasteiger charge is 2.12. The van der Waals surface area contributed by atoms with Crippen LogP contribution in [-0.4, -0.2) is 31.9 Å². The Morgan fingerprint density at radius 2 is 2.13 bits per heavy atom. The summed E-state index contributed by atoms with van der Waals surface area (Å²) in [5.74, 6) is 1.00. The second-order valence-corrected chi connectivity index (χ2v) is 5.56. The van der Waals surface area contributed by atoms with Gasteiger partial charge in [-0.2, -0.15) is 11.3 Å². The molecule has 3 N–H and O–H groups in total. The number of hydrogen-bond donors (Lipinski definition) is 3. The van der Waals surface area contributed by atoms with Gasteiger partial charge < -0.3 is 25.2 Å². The summed E-state index contributed by atoms with van der Waals surface area (Å²) in [6.07, 6.45) is -0.132. The second-order valence-electron chi connectivity index (χ2n) is 4.78. The molecule has 124 valence electrons. The summed E-state index contributed by atoms with van der Waals surface area (Å²) in [7, 11) is 3.05. The Bertz CT molecular complexity index is 631. The van der Waals surface area contributed by atoms with Gasteiger partial charge in [0.05, 0.1) is 26.0 Å². The number of nitrogens with one attached hydrogen (secondary N) is 2. The summed E-state index contributed by atoms with van der Waals surface area (Å²) >= 11 is 1.53. The van der Waals surface area contributed by atoms with Crippen molar-refractivity contribution in [1.29, 1.82) is 0 Å². The number of para-hydroxylation sites is 1. The Labute approximate surface area is 139 Å². The first-order chi connectivity index (χ1) is 11.2. The van der Waals surface area contributed by atoms with Crippen molar-refractivity contribution < 1.29 is 19.4 Å². The molecule has 0 aliphatic carbocycles. The molecule has 0 saturated carbocycles. The zero-order valence-corrected chi connectivity index (χ0v) is 13.9. The zero-order chi connectivity index (χ0) is 16.7. The van der Waals surface area contributed by atoms with E-state index in [1.54, 1.807) is 18.2 Å². The van der Waals surface area contributed by atoms with E-state index in [0.29, 0.717) is 30.2 Å². The number of methoxy groups -OCH3 is 2. The molecule has 0 aliphatic rings. The molecular formula is C16H20N2O4S. The topological polar surface area (TPSA) is 79.8 Å². The van der Waals surface area contributed by atoms with E-state index in [9.17, 15) is 9.90 Å². The molecule has 0 fully saturated rings. The molecule has 2 aromatic rings. The fourth-order valence-corrected chi connectivity index (χ4v) is 2.81. The van der Waals surface area contributed by atoms with Crippen molar-refractivity contribution in [3.8, 4) is 11.5 Å². The van der Waals surface area contributed by atoms with Gasteiger partial charge in [-0.05, 0) is 40.9 Å². The first-order valence-electron chi connectivity index (χ1n) is 7.11. The molecule has 0 aliphatic heterocycles. The normalized spacial score (nSPS) is 11.6. The summed E-state index contributed by atoms with van der Waals surface area (Å²) in [6, 6.07) is 6.74. The van der Waals surface area contributed by atoms with Gasteiger partial charge in [0.1, 0.15) is 0 Å². The predicted octanol–water partition coefficient (Wildman–Crippen LogP) is 3.01. The van der Waals surface area contributed by atoms with Crippen LogP contribution in [0.3, 0.4) is 0 Å². The van der Waals surface area contributed by atoms with Crippen LogP contribution in [-0.2, 0) is 0 Å². The van der Waals surface area contributed by atoms with Crippen LogP contribution in [0.1, 0.15) is 18.1 Å². The quantitative estimate of drug-likeness (QED) is 0.726. The number of aliphatic hydroxyl groups is 1. The van der Waals surface area contributed by atoms with E-state index in [0.717, 1.165) is 5.56 Å². The molecule has 2 amide bonds. The average molecular weight is 336 g/mol. The van der Waals surface area contributed by atoms with Gasteiger partial charge in [-0.3, -0.25) is 0 Å². The molecule has 1 atom stereocenters. The molecule has 1 aromatic heterocycles. The maximum absolute atomic E-state index is 12.0. The smallest absolute Gasteiger partial charge is 0.319 e. The summed E-state index contributed by atoms with van der Waals surface area (Å²) < 4.78 is 10.4. The van der Waals surface area contributed by atoms with Crippen LogP contribution >= 0.6 is 11.3 Å². The third-order valence-corrected chi connectivity index (χ3v) is 3.98. The molecule has 2 rings (SSSR count). The molecule has 0 radical (unpaired) electrons. The second kappa shape index (κ2) is 8.40. The number of aliphatic hydroxyl groups excluding tert-OH is 1. The minimum absolute atomic E-state index is 0.356. The summed E-state index contributed by atoms with van der Waals surface area (Å²) in [5, 5.41) is 19.2. The minimum Gasteiger partial charge on any atom is -0.493 e. The van der Waals surface area contributed by atoms with E-state index in [-0.39, 0.29) is 6.03 Å². The molecule has 1 heterocycles. The lowest BCUT2D eigenvalue weighted by Crippen LogP contribution is -2.30. The van der Waals surface area contributed by atoms with Crippen molar-refractivity contribution in [2.24, 2.45) is 0 Å². The maximum Gasteiger partial charge on any atom is 0.319 e. The zero-order valence-electron chi connectivity index (χ0n) is 13.0. The van der Waals surface area contributed by atoms with Gasteiger partial charge in [0.2, 0.25) is 0 Å². The number of ether oxygens (including phenoxy) is 2. The van der Waals surface area contributed by atoms with E-state index >= 15 is 0 Å². The van der Waals surface area contributed by atoms with Gasteiger partial charge in [0.25, 0.3) is 0 Å². The van der Waals surface area contributed by atoms with Crippen LogP contribution in [0.5, 0.6) is 11.5 Å². The number of hydrogen-bond acceptors (Lipinski definition) is 5. The number of anilines is 1. The number of amides is 2. The predicted molar refractivity (Wildman–Crippen MR) is 90.5 cm³/mol. The van der Waals surface area contributed by atoms with Crippen molar-refractivity contribution in [3.63, 3.8) is 0 Å². The summed E-state index contributed by atoms with van der Waals surface area (Å²) in [5.41, 5.74) is 1.38. The lowest BCUT2D eigenvalue weighted by atomic mass is 10.1. The van der Waals surface area contributed by atoms with Gasteiger partial charge in [0, 0.05) is 6.54 Å². The van der Waals surface area contributed by atoms with Crippen molar-refractivity contribution in [1.82, 2.24) is 5.32 Å². The number of benzene rings is 1. The Morgan fingerprint density at radius 3 is 2.78 bits per heavy atom. The first-order valence-corrected chi connectivity index (χ1v) is 8.06. The highest BCUT2D eigenvalue weighted by Crippen LogP contribution is 2.34. The standard InChI is InChI=1S/C16H20N2O4S/c1-21-14-5-3-4-12(15(14)22-2)18-16(20)17-8-6-13(19)11-7-9-23-10-11/h3-5,7,9-10,13,19H,6,8H2,1-2H3,(H2,17,18,20). The highest BCUT2D eigenvalue weighted by molar-refractivity contribution is 7.07. The summed E-state index contributed by atoms with van der Waals surface area (Å²) in [4.78, 5) is 12.0. The average Bonchev–Trinajstić information content (AvgIpc) is 3.09. The number of thiophene rings is 1. The van der Waals surface area contributed by atoms with Gasteiger partial charge in [0.15, 0.2) is 11.5 Å². The van der Waals surface area contributed by atoms with Gasteiger partial charge >= 0.3 is 6.03 Å². The molecule has 0 saturated heterocycles. The van der Waals surface area contributed by atoms with E-state index in [4.69, 9.17) is 9.47 Å². The molecule has 0 spiro atoms. The van der Waals surface area contributed by atoms with Crippen molar-refractivity contribution in [3.05, 3.63) is 40.6 Å². The lowest BCUT2D eigenvalue weighted by Gasteiger charge is -2.14. The van der Waals surface area contributed by atoms with Crippen LogP contribution in [0.4, 0.5) is 10.5 Å². The summed E-state index contributed by atoms with van der Waals surface area (Å²) in [6.45, 7) is 0.356. The van der Waals surface area contributed by atoms with Gasteiger partial charge in [-0.1, -0.05) is 6.07 Å². The van der Waals surface area contributed by atoms with Crippen LogP contribution < -0.4 is 20.1 Å². The van der Waals surface area contributed by atoms with E-state index in [2.05, 4.69) is 10.6 Å². The van der Waals surface area contributed by atoms with E-state index in [1.165, 1.54) is 25.6 Å². The minimum atomic E-state index is -0.576. The fourth-order valence-electron chi connectivity index (χ4n) is 2.11. The molecule has 1 aromatic carbocycles. The first kappa shape index (κ1) is 17.1. The van der Waals surface area contributed by atoms with Gasteiger partial charge in [-0.15, -0.1) is 0 Å². The monoisotopic (exact) mass is 336 g/mol. The lowest BCUT2D eigenvalue weighted by molar-refractivity contribution is 0.168. The van der Waals surface area contributed by atoms with Crippen molar-refractivity contribution >= 4 is 23.1 Å². The number of rotatable bonds is 7. The molecule has 23 heavy (non-hydrogen) atoms. The van der Waals surface area contributed by atoms with Crippen LogP contribution in [0.2, 0.25) is 0 Å². The van der Waals surface area contributed by atoms with Crippen molar-refractivity contribution in [2.45, 2.75) is 12.5 Å². The van der Waals surface area contributed by atoms with Crippen LogP contribution in [0.25, 0.3) is 0 Å². The Balaban J connectivity index is 1.85. The van der Waals surface area contributed by atoms with Crippen molar-refractivity contribution in [2.75, 3.05) is 26.1 Å². The van der Waals surface area contributed by atoms with E-state index in [1.807, 2.05) is 16.8 Å². The molecule has 0 bridgehead atoms. The largest absolute Gasteiger partial charge is 0.493 e. The molecule has 1 unspecified atom stereocenters. The van der Waals surface area contributed by atoms with Crippen LogP contribution in [0, 0.1) is 0 Å². The number of carbonyl (C=O) groups is 1. The molecule has 7 heteroatoms. The Kier molecular flexibility index (Phi) is 6.25.